The molecule has 65 heavy (non-hydrogen) atoms. The summed E-state index contributed by atoms with van der Waals surface area (Å²) in [6.45, 7) is 0. The van der Waals surface area contributed by atoms with E-state index in [1.54, 1.807) is 60.3 Å². The standard InChI is InChI=1S/C17H11F2N3O.C17H12F2N2.C16H11F2N3/c1-22-14-7-9(18)5-6-13(14)21-17(22)16(23)11-8-20-15-10(11)3-2-4-12(15)19;18-12-5-4-10-6-13(21-16(10)8-12)7-11-9-20-17-14(11)2-1-3-15(17)19;17-10-4-5-13-14(7-10)21-15(20-13)6-9-8-19-16-11(9)2-1-3-12(16)18/h2-8,20H,1H3;1-5,8-9,20H,6-7H2;1-5,7-8,19H,6H2,(H,20,21)/i;7D2;. The summed E-state index contributed by atoms with van der Waals surface area (Å²) < 4.78 is 99.5. The van der Waals surface area contributed by atoms with Gasteiger partial charge in [-0.2, -0.15) is 0 Å². The van der Waals surface area contributed by atoms with Crippen molar-refractivity contribution in [2.24, 2.45) is 12.0 Å². The Morgan fingerprint density at radius 1 is 0.662 bits per heavy atom. The van der Waals surface area contributed by atoms with Gasteiger partial charge in [-0.15, -0.1) is 0 Å². The fourth-order valence-electron chi connectivity index (χ4n) is 8.02. The zero-order valence-corrected chi connectivity index (χ0v) is 34.0. The maximum absolute atomic E-state index is 13.8. The molecule has 9 nitrogen and oxygen atoms in total. The fraction of sp³-hybridized carbons (Fsp3) is 0.0800. The number of aromatic amines is 4. The number of nitrogens with one attached hydrogen (secondary N) is 4. The van der Waals surface area contributed by atoms with Gasteiger partial charge in [0.1, 0.15) is 40.7 Å². The van der Waals surface area contributed by atoms with E-state index in [4.69, 9.17) is 2.74 Å². The maximum atomic E-state index is 13.8. The topological polar surface area (TPSA) is 123 Å². The third-order valence-electron chi connectivity index (χ3n) is 11.2. The summed E-state index contributed by atoms with van der Waals surface area (Å²) in [5, 5.41) is 1.81. The molecular formula is C50H34F6N8O. The lowest BCUT2D eigenvalue weighted by Gasteiger charge is -2.01. The highest BCUT2D eigenvalue weighted by atomic mass is 19.1. The first-order valence-corrected chi connectivity index (χ1v) is 20.2. The van der Waals surface area contributed by atoms with E-state index < -0.39 is 29.6 Å². The molecular weight excluding hydrogens is 843 g/mol. The van der Waals surface area contributed by atoms with Crippen LogP contribution >= 0.6 is 0 Å². The van der Waals surface area contributed by atoms with Crippen LogP contribution in [-0.2, 0) is 26.3 Å². The Morgan fingerprint density at radius 2 is 1.25 bits per heavy atom. The van der Waals surface area contributed by atoms with Crippen LogP contribution in [0.15, 0.2) is 133 Å². The van der Waals surface area contributed by atoms with Crippen LogP contribution in [0.3, 0.4) is 0 Å². The molecule has 0 spiro atoms. The number of halogens is 6. The minimum Gasteiger partial charge on any atom is -0.359 e. The third kappa shape index (κ3) is 7.81. The van der Waals surface area contributed by atoms with Crippen LogP contribution in [0.5, 0.6) is 0 Å². The van der Waals surface area contributed by atoms with Gasteiger partial charge in [0.2, 0.25) is 5.78 Å². The van der Waals surface area contributed by atoms with Crippen molar-refractivity contribution < 1.29 is 33.9 Å². The Balaban J connectivity index is 0.000000118. The number of carbonyl (C=O) groups excluding carboxylic acids is 1. The molecule has 0 fully saturated rings. The van der Waals surface area contributed by atoms with E-state index in [9.17, 15) is 31.1 Å². The van der Waals surface area contributed by atoms with Crippen LogP contribution in [0.2, 0.25) is 0 Å². The molecule has 15 heteroatoms. The van der Waals surface area contributed by atoms with Gasteiger partial charge in [0.15, 0.2) is 5.82 Å². The number of para-hydroxylation sites is 3. The molecule has 6 aromatic carbocycles. The summed E-state index contributed by atoms with van der Waals surface area (Å²) in [5.41, 5.74) is 6.64. The van der Waals surface area contributed by atoms with Crippen LogP contribution in [-0.4, -0.2) is 46.0 Å². The third-order valence-corrected chi connectivity index (χ3v) is 11.2. The van der Waals surface area contributed by atoms with E-state index >= 15 is 0 Å². The number of aliphatic imine (C=N–C) groups is 1. The lowest BCUT2D eigenvalue weighted by Crippen LogP contribution is -2.08. The van der Waals surface area contributed by atoms with Gasteiger partial charge in [0.25, 0.3) is 0 Å². The molecule has 0 aliphatic carbocycles. The van der Waals surface area contributed by atoms with Crippen LogP contribution in [0.4, 0.5) is 32.0 Å². The van der Waals surface area contributed by atoms with Crippen molar-refractivity contribution in [1.82, 2.24) is 34.5 Å². The summed E-state index contributed by atoms with van der Waals surface area (Å²) >= 11 is 0. The number of aromatic nitrogens is 7. The molecule has 0 unspecified atom stereocenters. The SMILES string of the molecule is Cn1c(C(=O)c2c[nH]c3c(F)cccc23)nc2ccc(F)cc21.Fc1ccc2nc(Cc3c[nH]c4c(F)cccc34)[nH]c2c1.[2H]C([2H])(C1=Nc2cc(F)ccc2C1)c1c[nH]c2c(F)cccc12. The van der Waals surface area contributed by atoms with E-state index in [0.29, 0.717) is 68.2 Å². The minimum absolute atomic E-state index is 0.177. The molecule has 322 valence electrons. The highest BCUT2D eigenvalue weighted by Gasteiger charge is 2.22. The van der Waals surface area contributed by atoms with Gasteiger partial charge in [-0.3, -0.25) is 9.79 Å². The monoisotopic (exact) mass is 878 g/mol. The second kappa shape index (κ2) is 16.5. The fourth-order valence-corrected chi connectivity index (χ4v) is 8.02. The van der Waals surface area contributed by atoms with Crippen LogP contribution in [0.25, 0.3) is 54.8 Å². The molecule has 12 rings (SSSR count). The number of H-pyrrole nitrogens is 4. The molecule has 0 saturated heterocycles. The molecule has 4 N–H and O–H groups in total. The smallest absolute Gasteiger partial charge is 0.230 e. The van der Waals surface area contributed by atoms with Crippen molar-refractivity contribution in [3.05, 3.63) is 197 Å². The largest absolute Gasteiger partial charge is 0.359 e. The van der Waals surface area contributed by atoms with Gasteiger partial charge in [0, 0.05) is 69.5 Å². The number of hydrogen-bond donors (Lipinski definition) is 4. The van der Waals surface area contributed by atoms with E-state index in [-0.39, 0.29) is 34.3 Å². The number of rotatable bonds is 6. The quantitative estimate of drug-likeness (QED) is 0.0982. The zero-order chi connectivity index (χ0) is 46.7. The normalized spacial score (nSPS) is 12.8. The highest BCUT2D eigenvalue weighted by Crippen LogP contribution is 2.31. The summed E-state index contributed by atoms with van der Waals surface area (Å²) in [7, 11) is 1.65. The van der Waals surface area contributed by atoms with Gasteiger partial charge in [0.05, 0.1) is 49.9 Å². The van der Waals surface area contributed by atoms with Gasteiger partial charge in [-0.25, -0.2) is 36.3 Å². The van der Waals surface area contributed by atoms with Crippen molar-refractivity contribution in [1.29, 1.82) is 0 Å². The molecule has 1 aliphatic rings. The molecule has 6 heterocycles. The number of nitrogens with zero attached hydrogens (tertiary/aromatic N) is 4. The zero-order valence-electron chi connectivity index (χ0n) is 36.0. The van der Waals surface area contributed by atoms with Crippen molar-refractivity contribution in [3.8, 4) is 0 Å². The number of ketones is 1. The number of imidazole rings is 2. The number of aryl methyl sites for hydroxylation is 1. The second-order valence-corrected chi connectivity index (χ2v) is 15.3. The van der Waals surface area contributed by atoms with Gasteiger partial charge >= 0.3 is 0 Å². The predicted molar refractivity (Wildman–Crippen MR) is 239 cm³/mol. The number of fused-ring (bicyclic) bond motifs is 6. The first kappa shape index (κ1) is 38.5. The summed E-state index contributed by atoms with van der Waals surface area (Å²) in [6, 6.07) is 26.9. The van der Waals surface area contributed by atoms with Crippen molar-refractivity contribution in [3.63, 3.8) is 0 Å². The molecule has 5 aromatic heterocycles. The number of benzene rings is 6. The van der Waals surface area contributed by atoms with E-state index in [1.807, 2.05) is 6.07 Å². The second-order valence-electron chi connectivity index (χ2n) is 15.3. The average molecular weight is 879 g/mol. The molecule has 0 radical (unpaired) electrons. The Bertz CT molecular complexity index is 3770. The molecule has 11 aromatic rings. The average Bonchev–Trinajstić information content (AvgIpc) is 4.17. The van der Waals surface area contributed by atoms with E-state index in [2.05, 4.69) is 34.9 Å². The van der Waals surface area contributed by atoms with E-state index in [0.717, 1.165) is 27.9 Å². The van der Waals surface area contributed by atoms with Crippen LogP contribution in [0, 0.1) is 34.9 Å². The Labute approximate surface area is 367 Å². The lowest BCUT2D eigenvalue weighted by atomic mass is 10.0. The first-order valence-electron chi connectivity index (χ1n) is 21.2. The van der Waals surface area contributed by atoms with Gasteiger partial charge in [-0.1, -0.05) is 42.5 Å². The molecule has 0 saturated carbocycles. The lowest BCUT2D eigenvalue weighted by molar-refractivity contribution is 0.102. The Kier molecular flexibility index (Phi) is 9.76. The molecule has 0 atom stereocenters. The number of carbonyl (C=O) groups is 1. The van der Waals surface area contributed by atoms with Crippen molar-refractivity contribution >= 4 is 72.0 Å². The van der Waals surface area contributed by atoms with Crippen LogP contribution in [0.1, 0.15) is 41.4 Å². The predicted octanol–water partition coefficient (Wildman–Crippen LogP) is 11.8. The highest BCUT2D eigenvalue weighted by molar-refractivity contribution is 6.15. The molecule has 0 amide bonds. The molecule has 0 bridgehead atoms. The Morgan fingerprint density at radius 3 is 1.97 bits per heavy atom. The first-order chi connectivity index (χ1) is 32.2. The minimum atomic E-state index is -1.87. The maximum Gasteiger partial charge on any atom is 0.230 e. The van der Waals surface area contributed by atoms with Gasteiger partial charge < -0.3 is 24.5 Å². The van der Waals surface area contributed by atoms with Gasteiger partial charge in [-0.05, 0) is 83.4 Å². The number of hydrogen-bond acceptors (Lipinski definition) is 4. The van der Waals surface area contributed by atoms with Crippen molar-refractivity contribution in [2.45, 2.75) is 19.2 Å². The van der Waals surface area contributed by atoms with Crippen molar-refractivity contribution in [2.75, 3.05) is 0 Å². The summed E-state index contributed by atoms with van der Waals surface area (Å²) in [5.74, 6) is -1.66. The summed E-state index contributed by atoms with van der Waals surface area (Å²) in [6.07, 6.45) is 3.68. The van der Waals surface area contributed by atoms with Crippen LogP contribution < -0.4 is 0 Å². The summed E-state index contributed by atoms with van der Waals surface area (Å²) in [4.78, 5) is 37.4. The Hall–Kier alpha value is -8.20. The molecule has 1 aliphatic heterocycles. The van der Waals surface area contributed by atoms with E-state index in [1.165, 1.54) is 73.1 Å².